The lowest BCUT2D eigenvalue weighted by Gasteiger charge is -2.30. The number of allylic oxidation sites excluding steroid dienone is 6. The molecule has 3 N–H and O–H groups in total. The number of nitrogens with zero attached hydrogens (tertiary/aromatic N) is 2. The van der Waals surface area contributed by atoms with Crippen molar-refractivity contribution in [2.24, 2.45) is 0 Å². The van der Waals surface area contributed by atoms with Crippen molar-refractivity contribution in [3.8, 4) is 6.07 Å². The maximum absolute atomic E-state index is 11.1. The third kappa shape index (κ3) is 19.0. The highest BCUT2D eigenvalue weighted by atomic mass is 16.4. The summed E-state index contributed by atoms with van der Waals surface area (Å²) in [5.74, 6) is -0.780. The van der Waals surface area contributed by atoms with Crippen molar-refractivity contribution in [3.05, 3.63) is 94.2 Å². The molecule has 5 heteroatoms. The van der Waals surface area contributed by atoms with E-state index < -0.39 is 5.97 Å². The summed E-state index contributed by atoms with van der Waals surface area (Å²) < 4.78 is 0. The Labute approximate surface area is 370 Å². The van der Waals surface area contributed by atoms with Gasteiger partial charge in [0.25, 0.3) is 0 Å². The number of hydrogen-bond donors (Lipinski definition) is 2. The first kappa shape index (κ1) is 54.4. The summed E-state index contributed by atoms with van der Waals surface area (Å²) in [6.45, 7) is 25.2. The zero-order chi connectivity index (χ0) is 44.8. The predicted molar refractivity (Wildman–Crippen MR) is 261 cm³/mol. The van der Waals surface area contributed by atoms with E-state index in [-0.39, 0.29) is 17.3 Å². The van der Waals surface area contributed by atoms with E-state index in [1.165, 1.54) is 136 Å². The molecule has 0 saturated heterocycles. The average molecular weight is 825 g/mol. The lowest BCUT2D eigenvalue weighted by atomic mass is 9.76. The summed E-state index contributed by atoms with van der Waals surface area (Å²) in [6, 6.07) is 15.8. The minimum absolute atomic E-state index is 0.103. The second kappa shape index (κ2) is 31.3. The number of fused-ring (bicyclic) bond motifs is 1. The van der Waals surface area contributed by atoms with Gasteiger partial charge in [-0.25, -0.2) is 0 Å². The van der Waals surface area contributed by atoms with Gasteiger partial charge in [-0.2, -0.15) is 5.26 Å². The maximum Gasteiger partial charge on any atom is 0.309 e. The van der Waals surface area contributed by atoms with Crippen molar-refractivity contribution < 1.29 is 15.2 Å². The summed E-state index contributed by atoms with van der Waals surface area (Å²) in [5, 5.41) is 21.5. The number of carbonyl (C=O) groups is 1. The van der Waals surface area contributed by atoms with Gasteiger partial charge in [-0.15, -0.1) is 0 Å². The van der Waals surface area contributed by atoms with Crippen molar-refractivity contribution in [2.45, 2.75) is 215 Å². The molecule has 1 atom stereocenters. The van der Waals surface area contributed by atoms with E-state index in [0.29, 0.717) is 12.1 Å². The largest absolute Gasteiger partial charge is 0.481 e. The first-order valence-electron chi connectivity index (χ1n) is 24.5. The van der Waals surface area contributed by atoms with Gasteiger partial charge in [0.05, 0.1) is 24.6 Å². The smallest absolute Gasteiger partial charge is 0.309 e. The van der Waals surface area contributed by atoms with Crippen LogP contribution in [0.2, 0.25) is 0 Å². The van der Waals surface area contributed by atoms with Gasteiger partial charge >= 0.3 is 5.97 Å². The average Bonchev–Trinajstić information content (AvgIpc) is 3.46. The molecule has 3 rings (SSSR count). The number of quaternary nitrogens is 1. The highest BCUT2D eigenvalue weighted by molar-refractivity contribution is 5.72. The van der Waals surface area contributed by atoms with Crippen LogP contribution in [0, 0.1) is 25.2 Å². The fourth-order valence-electron chi connectivity index (χ4n) is 8.60. The zero-order valence-electron chi connectivity index (χ0n) is 40.7. The van der Waals surface area contributed by atoms with Crippen LogP contribution >= 0.6 is 0 Å². The molecule has 336 valence electrons. The molecule has 0 aromatic heterocycles. The van der Waals surface area contributed by atoms with E-state index >= 15 is 0 Å². The Bertz CT molecular complexity index is 1630. The highest BCUT2D eigenvalue weighted by Crippen LogP contribution is 2.51. The Morgan fingerprint density at radius 2 is 1.33 bits per heavy atom. The fourth-order valence-corrected chi connectivity index (χ4v) is 8.60. The molecular formula is C55H90N3O2+. The lowest BCUT2D eigenvalue weighted by Crippen LogP contribution is -2.79. The molecule has 1 heterocycles. The van der Waals surface area contributed by atoms with Crippen LogP contribution in [0.1, 0.15) is 213 Å². The van der Waals surface area contributed by atoms with E-state index in [4.69, 9.17) is 5.11 Å². The Morgan fingerprint density at radius 1 is 0.800 bits per heavy atom. The molecule has 0 amide bonds. The van der Waals surface area contributed by atoms with E-state index in [1.54, 1.807) is 0 Å². The van der Waals surface area contributed by atoms with Crippen LogP contribution < -0.4 is 10.2 Å². The number of nitrogens with two attached hydrogens (primary N) is 1. The number of aryl methyl sites for hydroxylation is 2. The third-order valence-electron chi connectivity index (χ3n) is 12.0. The molecule has 0 saturated carbocycles. The van der Waals surface area contributed by atoms with E-state index in [9.17, 15) is 10.1 Å². The first-order valence-corrected chi connectivity index (χ1v) is 24.5. The fraction of sp³-hybridized carbons (Fsp3) is 0.636. The van der Waals surface area contributed by atoms with Crippen LogP contribution in [0.25, 0.3) is 0 Å². The highest BCUT2D eigenvalue weighted by Gasteiger charge is 2.42. The minimum Gasteiger partial charge on any atom is -0.481 e. The number of aliphatic carboxylic acids is 1. The molecule has 0 bridgehead atoms. The predicted octanol–water partition coefficient (Wildman–Crippen LogP) is 15.4. The van der Waals surface area contributed by atoms with Crippen LogP contribution in [0.5, 0.6) is 0 Å². The molecule has 60 heavy (non-hydrogen) atoms. The summed E-state index contributed by atoms with van der Waals surface area (Å²) in [5.41, 5.74) is 9.19. The maximum atomic E-state index is 11.1. The number of carboxylic acid groups (broad SMARTS) is 1. The van der Waals surface area contributed by atoms with Gasteiger partial charge in [-0.3, -0.25) is 4.79 Å². The number of nitriles is 1. The topological polar surface area (TPSA) is 80.9 Å². The molecule has 2 aromatic carbocycles. The molecule has 0 aliphatic carbocycles. The van der Waals surface area contributed by atoms with E-state index in [2.05, 4.69) is 108 Å². The minimum atomic E-state index is -0.780. The van der Waals surface area contributed by atoms with Gasteiger partial charge in [-0.1, -0.05) is 194 Å². The van der Waals surface area contributed by atoms with E-state index in [0.717, 1.165) is 31.5 Å². The Hall–Kier alpha value is -3.62. The van der Waals surface area contributed by atoms with Crippen molar-refractivity contribution in [1.29, 1.82) is 5.26 Å². The van der Waals surface area contributed by atoms with Crippen LogP contribution in [-0.2, 0) is 15.6 Å². The van der Waals surface area contributed by atoms with Gasteiger partial charge < -0.3 is 15.3 Å². The van der Waals surface area contributed by atoms with Crippen molar-refractivity contribution in [2.75, 3.05) is 18.0 Å². The summed E-state index contributed by atoms with van der Waals surface area (Å²) in [4.78, 5) is 13.7. The van der Waals surface area contributed by atoms with Crippen LogP contribution in [0.4, 0.5) is 11.4 Å². The lowest BCUT2D eigenvalue weighted by molar-refractivity contribution is -0.571. The number of carboxylic acids is 1. The van der Waals surface area contributed by atoms with Gasteiger partial charge in [0.15, 0.2) is 0 Å². The Morgan fingerprint density at radius 3 is 1.87 bits per heavy atom. The molecular weight excluding hydrogens is 735 g/mol. The quantitative estimate of drug-likeness (QED) is 0.0388. The van der Waals surface area contributed by atoms with Crippen molar-refractivity contribution >= 4 is 17.3 Å². The third-order valence-corrected chi connectivity index (χ3v) is 12.0. The van der Waals surface area contributed by atoms with Crippen molar-refractivity contribution in [3.63, 3.8) is 0 Å². The second-order valence-corrected chi connectivity index (χ2v) is 17.6. The molecule has 0 fully saturated rings. The Kier molecular flexibility index (Phi) is 28.3. The Balaban J connectivity index is 0.00000436. The van der Waals surface area contributed by atoms with Crippen LogP contribution in [0.3, 0.4) is 0 Å². The first-order chi connectivity index (χ1) is 29.0. The molecule has 1 unspecified atom stereocenters. The molecule has 1 aliphatic rings. The number of benzene rings is 2. The number of hydrogen-bond acceptors (Lipinski definition) is 3. The summed E-state index contributed by atoms with van der Waals surface area (Å²) >= 11 is 0. The van der Waals surface area contributed by atoms with Gasteiger partial charge in [0.2, 0.25) is 0 Å². The van der Waals surface area contributed by atoms with Crippen LogP contribution in [0.15, 0.2) is 72.0 Å². The van der Waals surface area contributed by atoms with Crippen LogP contribution in [-0.4, -0.2) is 24.2 Å². The monoisotopic (exact) mass is 825 g/mol. The van der Waals surface area contributed by atoms with Crippen molar-refractivity contribution in [1.82, 2.24) is 0 Å². The summed E-state index contributed by atoms with van der Waals surface area (Å²) in [6.07, 6.45) is 33.4. The second-order valence-electron chi connectivity index (χ2n) is 17.6. The van der Waals surface area contributed by atoms with Gasteiger partial charge in [-0.05, 0) is 87.4 Å². The van der Waals surface area contributed by atoms with Gasteiger partial charge in [0, 0.05) is 28.9 Å². The van der Waals surface area contributed by atoms with Gasteiger partial charge in [0.1, 0.15) is 5.69 Å². The SMILES string of the molecule is CC.CC.CCCCCCCCCCCCCCCCCCC1(C)\C(=C/C=C(C#N)/C=C/CC(C)(C)c2cc(C)ccc2[NH2+]CCC(=O)O)N(CCC)c2ccc(C)cc21. The number of unbranched alkanes of at least 4 members (excludes halogenated alkanes) is 15. The molecule has 1 aliphatic heterocycles. The molecule has 5 nitrogen and oxygen atoms in total. The molecule has 2 aromatic rings. The van der Waals surface area contributed by atoms with E-state index in [1.807, 2.05) is 45.2 Å². The standard InChI is InChI=1S/C51H77N3O2.2C2H6/c1-8-10-11-12-13-14-15-16-17-18-19-20-21-22-23-24-35-51(7)45-39-42(4)28-31-47(45)54(37-9-2)48(51)32-29-43(40-52)26-25-34-50(5,6)44-38-41(3)27-30-46(44)53-36-33-49(55)56;2*1-2/h25-32,38-39,53H,8-24,33-37H2,1-7H3,(H,55,56);2*1-2H3/p+1/b26-25+,43-29-,48-32+;;. The summed E-state index contributed by atoms with van der Waals surface area (Å²) in [7, 11) is 0. The zero-order valence-corrected chi connectivity index (χ0v) is 40.7. The normalized spacial score (nSPS) is 15.7. The number of rotatable bonds is 28. The molecule has 0 radical (unpaired) electrons. The molecule has 0 spiro atoms. The number of anilines is 1.